The van der Waals surface area contributed by atoms with Gasteiger partial charge in [-0.05, 0) is 25.3 Å². The van der Waals surface area contributed by atoms with E-state index in [-0.39, 0.29) is 0 Å². The number of carboxylic acids is 1. The maximum Gasteiger partial charge on any atom is 0.326 e. The Balaban J connectivity index is 2.22. The number of para-hydroxylation sites is 1. The Morgan fingerprint density at radius 3 is 2.95 bits per heavy atom. The van der Waals surface area contributed by atoms with E-state index in [1.807, 2.05) is 29.2 Å². The first-order chi connectivity index (χ1) is 10.2. The molecule has 1 N–H and O–H groups in total. The van der Waals surface area contributed by atoms with Crippen LogP contribution in [0, 0.1) is 11.3 Å². The normalized spacial score (nSPS) is 18.4. The molecule has 1 aromatic carbocycles. The van der Waals surface area contributed by atoms with Gasteiger partial charge in [0.05, 0.1) is 16.8 Å². The molecule has 1 aromatic heterocycles. The number of nitrogens with zero attached hydrogens (tertiary/aromatic N) is 3. The zero-order chi connectivity index (χ0) is 14.8. The molecular weight excluding hydrogens is 266 g/mol. The van der Waals surface area contributed by atoms with Gasteiger partial charge in [0.2, 0.25) is 0 Å². The molecule has 0 radical (unpaired) electrons. The lowest BCUT2D eigenvalue weighted by atomic mass is 9.98. The average Bonchev–Trinajstić information content (AvgIpc) is 2.53. The van der Waals surface area contributed by atoms with Gasteiger partial charge in [0.1, 0.15) is 12.1 Å². The Bertz CT molecular complexity index is 736. The third-order valence-electron chi connectivity index (χ3n) is 3.94. The number of pyridine rings is 1. The SMILES string of the molecule is N#Cc1cnc2ccccc2c1N1CCCCC1C(=O)O. The van der Waals surface area contributed by atoms with Crippen molar-refractivity contribution in [1.82, 2.24) is 4.98 Å². The van der Waals surface area contributed by atoms with E-state index in [2.05, 4.69) is 11.1 Å². The van der Waals surface area contributed by atoms with Crippen LogP contribution in [0.5, 0.6) is 0 Å². The molecule has 2 aromatic rings. The highest BCUT2D eigenvalue weighted by Crippen LogP contribution is 2.33. The fraction of sp³-hybridized carbons (Fsp3) is 0.312. The van der Waals surface area contributed by atoms with Crippen LogP contribution in [0.25, 0.3) is 10.9 Å². The first-order valence-corrected chi connectivity index (χ1v) is 6.99. The molecule has 5 heteroatoms. The molecule has 1 fully saturated rings. The number of fused-ring (bicyclic) bond motifs is 1. The van der Waals surface area contributed by atoms with Crippen LogP contribution in [-0.2, 0) is 4.79 Å². The summed E-state index contributed by atoms with van der Waals surface area (Å²) in [4.78, 5) is 17.7. The summed E-state index contributed by atoms with van der Waals surface area (Å²) in [6.45, 7) is 0.652. The zero-order valence-corrected chi connectivity index (χ0v) is 11.5. The van der Waals surface area contributed by atoms with Gasteiger partial charge in [-0.3, -0.25) is 4.98 Å². The van der Waals surface area contributed by atoms with Crippen molar-refractivity contribution < 1.29 is 9.90 Å². The molecular formula is C16H15N3O2. The third-order valence-corrected chi connectivity index (χ3v) is 3.94. The molecule has 1 saturated heterocycles. The maximum atomic E-state index is 11.5. The molecule has 0 saturated carbocycles. The second-order valence-corrected chi connectivity index (χ2v) is 5.19. The van der Waals surface area contributed by atoms with Crippen LogP contribution in [-0.4, -0.2) is 28.6 Å². The van der Waals surface area contributed by atoms with Crippen LogP contribution in [0.15, 0.2) is 30.5 Å². The summed E-state index contributed by atoms with van der Waals surface area (Å²) < 4.78 is 0. The molecule has 21 heavy (non-hydrogen) atoms. The smallest absolute Gasteiger partial charge is 0.326 e. The van der Waals surface area contributed by atoms with Crippen LogP contribution in [0.2, 0.25) is 0 Å². The molecule has 0 amide bonds. The van der Waals surface area contributed by atoms with Gasteiger partial charge < -0.3 is 10.0 Å². The minimum Gasteiger partial charge on any atom is -0.480 e. The summed E-state index contributed by atoms with van der Waals surface area (Å²) in [6.07, 6.45) is 3.98. The van der Waals surface area contributed by atoms with E-state index in [1.54, 1.807) is 0 Å². The van der Waals surface area contributed by atoms with Gasteiger partial charge in [-0.15, -0.1) is 0 Å². The Labute approximate surface area is 122 Å². The largest absolute Gasteiger partial charge is 0.480 e. The molecule has 0 bridgehead atoms. The number of benzene rings is 1. The molecule has 1 unspecified atom stereocenters. The van der Waals surface area contributed by atoms with Gasteiger partial charge in [0, 0.05) is 18.1 Å². The summed E-state index contributed by atoms with van der Waals surface area (Å²) in [6, 6.07) is 9.11. The number of aliphatic carboxylic acids is 1. The summed E-state index contributed by atoms with van der Waals surface area (Å²) in [5.74, 6) is -0.834. The van der Waals surface area contributed by atoms with Crippen molar-refractivity contribution in [3.8, 4) is 6.07 Å². The van der Waals surface area contributed by atoms with Crippen molar-refractivity contribution in [3.05, 3.63) is 36.0 Å². The topological polar surface area (TPSA) is 77.2 Å². The number of aromatic nitrogens is 1. The lowest BCUT2D eigenvalue weighted by Crippen LogP contribution is -2.45. The van der Waals surface area contributed by atoms with Crippen LogP contribution >= 0.6 is 0 Å². The van der Waals surface area contributed by atoms with E-state index in [1.165, 1.54) is 6.20 Å². The second-order valence-electron chi connectivity index (χ2n) is 5.19. The van der Waals surface area contributed by atoms with Crippen molar-refractivity contribution in [2.45, 2.75) is 25.3 Å². The number of nitriles is 1. The molecule has 0 spiro atoms. The van der Waals surface area contributed by atoms with E-state index in [0.717, 1.165) is 23.7 Å². The van der Waals surface area contributed by atoms with Gasteiger partial charge >= 0.3 is 5.97 Å². The van der Waals surface area contributed by atoms with Gasteiger partial charge in [-0.25, -0.2) is 4.79 Å². The van der Waals surface area contributed by atoms with Crippen molar-refractivity contribution in [1.29, 1.82) is 5.26 Å². The van der Waals surface area contributed by atoms with E-state index < -0.39 is 12.0 Å². The van der Waals surface area contributed by atoms with Crippen LogP contribution in [0.1, 0.15) is 24.8 Å². The standard InChI is InChI=1S/C16H15N3O2/c17-9-11-10-18-13-6-2-1-5-12(13)15(11)19-8-4-3-7-14(19)16(20)21/h1-2,5-6,10,14H,3-4,7-8H2,(H,20,21). The van der Waals surface area contributed by atoms with Gasteiger partial charge in [-0.1, -0.05) is 18.2 Å². The minimum absolute atomic E-state index is 0.432. The van der Waals surface area contributed by atoms with E-state index in [4.69, 9.17) is 0 Å². The summed E-state index contributed by atoms with van der Waals surface area (Å²) in [5, 5.41) is 19.7. The van der Waals surface area contributed by atoms with Crippen LogP contribution in [0.4, 0.5) is 5.69 Å². The van der Waals surface area contributed by atoms with Crippen molar-refractivity contribution in [2.75, 3.05) is 11.4 Å². The summed E-state index contributed by atoms with van der Waals surface area (Å²) in [5.41, 5.74) is 1.92. The van der Waals surface area contributed by atoms with E-state index in [0.29, 0.717) is 24.2 Å². The van der Waals surface area contributed by atoms with Crippen molar-refractivity contribution in [2.24, 2.45) is 0 Å². The molecule has 5 nitrogen and oxygen atoms in total. The lowest BCUT2D eigenvalue weighted by molar-refractivity contribution is -0.139. The van der Waals surface area contributed by atoms with Crippen molar-refractivity contribution >= 4 is 22.6 Å². The molecule has 2 heterocycles. The highest BCUT2D eigenvalue weighted by molar-refractivity contribution is 5.96. The monoisotopic (exact) mass is 281 g/mol. The lowest BCUT2D eigenvalue weighted by Gasteiger charge is -2.35. The Morgan fingerprint density at radius 2 is 2.19 bits per heavy atom. The second kappa shape index (κ2) is 5.41. The van der Waals surface area contributed by atoms with E-state index >= 15 is 0 Å². The number of carbonyl (C=O) groups is 1. The number of hydrogen-bond donors (Lipinski definition) is 1. The fourth-order valence-electron chi connectivity index (χ4n) is 2.97. The Morgan fingerprint density at radius 1 is 1.38 bits per heavy atom. The Kier molecular flexibility index (Phi) is 3.44. The van der Waals surface area contributed by atoms with E-state index in [9.17, 15) is 15.2 Å². The molecule has 106 valence electrons. The van der Waals surface area contributed by atoms with Crippen LogP contribution < -0.4 is 4.90 Å². The summed E-state index contributed by atoms with van der Waals surface area (Å²) in [7, 11) is 0. The quantitative estimate of drug-likeness (QED) is 0.915. The highest BCUT2D eigenvalue weighted by Gasteiger charge is 2.31. The molecule has 3 rings (SSSR count). The third kappa shape index (κ3) is 2.29. The minimum atomic E-state index is -0.834. The number of anilines is 1. The zero-order valence-electron chi connectivity index (χ0n) is 11.5. The molecule has 1 aliphatic rings. The number of rotatable bonds is 2. The number of carboxylic acid groups (broad SMARTS) is 1. The average molecular weight is 281 g/mol. The predicted octanol–water partition coefficient (Wildman–Crippen LogP) is 2.55. The number of hydrogen-bond acceptors (Lipinski definition) is 4. The molecule has 0 aliphatic carbocycles. The van der Waals surface area contributed by atoms with Gasteiger partial charge in [0.15, 0.2) is 0 Å². The van der Waals surface area contributed by atoms with Crippen LogP contribution in [0.3, 0.4) is 0 Å². The van der Waals surface area contributed by atoms with Gasteiger partial charge in [-0.2, -0.15) is 5.26 Å². The maximum absolute atomic E-state index is 11.5. The molecule has 1 aliphatic heterocycles. The van der Waals surface area contributed by atoms with Gasteiger partial charge in [0.25, 0.3) is 0 Å². The number of piperidine rings is 1. The summed E-state index contributed by atoms with van der Waals surface area (Å²) >= 11 is 0. The fourth-order valence-corrected chi connectivity index (χ4v) is 2.97. The first-order valence-electron chi connectivity index (χ1n) is 6.99. The first kappa shape index (κ1) is 13.4. The highest BCUT2D eigenvalue weighted by atomic mass is 16.4. The van der Waals surface area contributed by atoms with Crippen molar-refractivity contribution in [3.63, 3.8) is 0 Å². The predicted molar refractivity (Wildman–Crippen MR) is 79.1 cm³/mol. The Hall–Kier alpha value is -2.61. The molecule has 1 atom stereocenters.